The van der Waals surface area contributed by atoms with Gasteiger partial charge in [0.1, 0.15) is 0 Å². The van der Waals surface area contributed by atoms with E-state index in [0.29, 0.717) is 12.1 Å². The van der Waals surface area contributed by atoms with E-state index in [4.69, 9.17) is 10.5 Å². The predicted octanol–water partition coefficient (Wildman–Crippen LogP) is 2.46. The zero-order valence-electron chi connectivity index (χ0n) is 8.80. The molecule has 0 radical (unpaired) electrons. The molecular formula is C11H23NO. The Morgan fingerprint density at radius 3 is 2.92 bits per heavy atom. The highest BCUT2D eigenvalue weighted by Crippen LogP contribution is 2.18. The Labute approximate surface area is 81.8 Å². The lowest BCUT2D eigenvalue weighted by atomic mass is 10.0. The maximum atomic E-state index is 5.98. The maximum Gasteiger partial charge on any atom is 0.0576 e. The first-order valence-corrected chi connectivity index (χ1v) is 5.70. The van der Waals surface area contributed by atoms with E-state index in [0.717, 1.165) is 13.0 Å². The number of hydrogen-bond acceptors (Lipinski definition) is 2. The molecule has 2 nitrogen and oxygen atoms in total. The van der Waals surface area contributed by atoms with Crippen LogP contribution < -0.4 is 5.73 Å². The summed E-state index contributed by atoms with van der Waals surface area (Å²) in [4.78, 5) is 0. The largest absolute Gasteiger partial charge is 0.378 e. The fraction of sp³-hybridized carbons (Fsp3) is 1.00. The summed E-state index contributed by atoms with van der Waals surface area (Å²) in [7, 11) is 0. The second-order valence-electron chi connectivity index (χ2n) is 4.11. The molecule has 1 rings (SSSR count). The van der Waals surface area contributed by atoms with Gasteiger partial charge in [0, 0.05) is 12.6 Å². The van der Waals surface area contributed by atoms with Gasteiger partial charge < -0.3 is 10.5 Å². The molecule has 0 aliphatic carbocycles. The zero-order valence-corrected chi connectivity index (χ0v) is 8.80. The fourth-order valence-electron chi connectivity index (χ4n) is 1.88. The number of unbranched alkanes of at least 4 members (excludes halogenated alkanes) is 1. The molecule has 1 fully saturated rings. The van der Waals surface area contributed by atoms with E-state index in [1.807, 2.05) is 0 Å². The van der Waals surface area contributed by atoms with Crippen LogP contribution in [0.15, 0.2) is 0 Å². The van der Waals surface area contributed by atoms with Crippen LogP contribution in [0.5, 0.6) is 0 Å². The van der Waals surface area contributed by atoms with Gasteiger partial charge in [0.15, 0.2) is 0 Å². The fourth-order valence-corrected chi connectivity index (χ4v) is 1.88. The second-order valence-corrected chi connectivity index (χ2v) is 4.11. The highest BCUT2D eigenvalue weighted by atomic mass is 16.5. The van der Waals surface area contributed by atoms with Crippen LogP contribution in [0.25, 0.3) is 0 Å². The van der Waals surface area contributed by atoms with E-state index in [1.165, 1.54) is 38.5 Å². The Hall–Kier alpha value is -0.0800. The molecule has 2 N–H and O–H groups in total. The van der Waals surface area contributed by atoms with E-state index in [1.54, 1.807) is 0 Å². The van der Waals surface area contributed by atoms with Crippen molar-refractivity contribution in [2.24, 2.45) is 5.73 Å². The summed E-state index contributed by atoms with van der Waals surface area (Å²) < 4.78 is 5.55. The van der Waals surface area contributed by atoms with Crippen LogP contribution in [0.4, 0.5) is 0 Å². The molecule has 2 unspecified atom stereocenters. The molecule has 0 aromatic heterocycles. The van der Waals surface area contributed by atoms with Gasteiger partial charge in [0.25, 0.3) is 0 Å². The van der Waals surface area contributed by atoms with Gasteiger partial charge in [0.2, 0.25) is 0 Å². The molecule has 0 saturated carbocycles. The van der Waals surface area contributed by atoms with Crippen molar-refractivity contribution < 1.29 is 4.74 Å². The van der Waals surface area contributed by atoms with Gasteiger partial charge in [-0.2, -0.15) is 0 Å². The quantitative estimate of drug-likeness (QED) is 0.690. The Balaban J connectivity index is 1.97. The van der Waals surface area contributed by atoms with Crippen molar-refractivity contribution in [1.82, 2.24) is 0 Å². The molecule has 0 aromatic rings. The van der Waals surface area contributed by atoms with Crippen LogP contribution in [-0.2, 0) is 4.74 Å². The van der Waals surface area contributed by atoms with Crippen molar-refractivity contribution in [2.45, 2.75) is 64.0 Å². The van der Waals surface area contributed by atoms with E-state index >= 15 is 0 Å². The lowest BCUT2D eigenvalue weighted by Crippen LogP contribution is -2.21. The van der Waals surface area contributed by atoms with Crippen molar-refractivity contribution >= 4 is 0 Å². The minimum Gasteiger partial charge on any atom is -0.378 e. The smallest absolute Gasteiger partial charge is 0.0576 e. The predicted molar refractivity (Wildman–Crippen MR) is 55.7 cm³/mol. The molecular weight excluding hydrogens is 162 g/mol. The zero-order chi connectivity index (χ0) is 9.52. The van der Waals surface area contributed by atoms with Crippen LogP contribution in [0.2, 0.25) is 0 Å². The Kier molecular flexibility index (Phi) is 5.40. The lowest BCUT2D eigenvalue weighted by molar-refractivity contribution is 0.100. The number of rotatable bonds is 6. The third-order valence-electron chi connectivity index (χ3n) is 2.81. The summed E-state index contributed by atoms with van der Waals surface area (Å²) in [6, 6.07) is 0.407. The Bertz CT molecular complexity index is 121. The van der Waals surface area contributed by atoms with Gasteiger partial charge in [-0.3, -0.25) is 0 Å². The van der Waals surface area contributed by atoms with Crippen molar-refractivity contribution in [2.75, 3.05) is 6.61 Å². The summed E-state index contributed by atoms with van der Waals surface area (Å²) in [5.41, 5.74) is 5.98. The molecule has 1 aliphatic heterocycles. The van der Waals surface area contributed by atoms with E-state index in [2.05, 4.69) is 6.92 Å². The van der Waals surface area contributed by atoms with E-state index < -0.39 is 0 Å². The van der Waals surface area contributed by atoms with Crippen LogP contribution in [-0.4, -0.2) is 18.8 Å². The normalized spacial score (nSPS) is 24.9. The second kappa shape index (κ2) is 6.39. The average Bonchev–Trinajstić information content (AvgIpc) is 2.64. The number of ether oxygens (including phenoxy) is 1. The SMILES string of the molecule is CCCCC(N)CCC1CCCO1. The molecule has 78 valence electrons. The third-order valence-corrected chi connectivity index (χ3v) is 2.81. The highest BCUT2D eigenvalue weighted by Gasteiger charge is 2.16. The van der Waals surface area contributed by atoms with Gasteiger partial charge in [-0.25, -0.2) is 0 Å². The third kappa shape index (κ3) is 4.63. The standard InChI is InChI=1S/C11H23NO/c1-2-3-5-10(12)7-8-11-6-4-9-13-11/h10-11H,2-9,12H2,1H3. The molecule has 1 saturated heterocycles. The summed E-state index contributed by atoms with van der Waals surface area (Å²) in [5, 5.41) is 0. The van der Waals surface area contributed by atoms with E-state index in [9.17, 15) is 0 Å². The highest BCUT2D eigenvalue weighted by molar-refractivity contribution is 4.69. The summed E-state index contributed by atoms with van der Waals surface area (Å²) in [5.74, 6) is 0. The van der Waals surface area contributed by atoms with Crippen LogP contribution >= 0.6 is 0 Å². The van der Waals surface area contributed by atoms with Crippen LogP contribution in [0, 0.1) is 0 Å². The number of hydrogen-bond donors (Lipinski definition) is 1. The van der Waals surface area contributed by atoms with Crippen molar-refractivity contribution in [3.63, 3.8) is 0 Å². The van der Waals surface area contributed by atoms with Crippen molar-refractivity contribution in [1.29, 1.82) is 0 Å². The van der Waals surface area contributed by atoms with Crippen molar-refractivity contribution in [3.05, 3.63) is 0 Å². The molecule has 2 atom stereocenters. The van der Waals surface area contributed by atoms with Gasteiger partial charge in [-0.15, -0.1) is 0 Å². The van der Waals surface area contributed by atoms with Gasteiger partial charge in [0.05, 0.1) is 6.10 Å². The Morgan fingerprint density at radius 2 is 2.31 bits per heavy atom. The number of nitrogens with two attached hydrogens (primary N) is 1. The molecule has 2 heteroatoms. The maximum absolute atomic E-state index is 5.98. The summed E-state index contributed by atoms with van der Waals surface area (Å²) in [6.07, 6.45) is 9.04. The van der Waals surface area contributed by atoms with E-state index in [-0.39, 0.29) is 0 Å². The molecule has 0 amide bonds. The minimum atomic E-state index is 0.407. The molecule has 1 heterocycles. The first-order valence-electron chi connectivity index (χ1n) is 5.70. The molecule has 1 aliphatic rings. The molecule has 0 spiro atoms. The topological polar surface area (TPSA) is 35.2 Å². The molecule has 0 aromatic carbocycles. The van der Waals surface area contributed by atoms with Crippen LogP contribution in [0.3, 0.4) is 0 Å². The average molecular weight is 185 g/mol. The lowest BCUT2D eigenvalue weighted by Gasteiger charge is -2.13. The summed E-state index contributed by atoms with van der Waals surface area (Å²) >= 11 is 0. The molecule has 0 bridgehead atoms. The summed E-state index contributed by atoms with van der Waals surface area (Å²) in [6.45, 7) is 3.18. The first-order chi connectivity index (χ1) is 6.33. The van der Waals surface area contributed by atoms with Gasteiger partial charge in [-0.05, 0) is 32.1 Å². The van der Waals surface area contributed by atoms with Crippen molar-refractivity contribution in [3.8, 4) is 0 Å². The van der Waals surface area contributed by atoms with Gasteiger partial charge in [-0.1, -0.05) is 19.8 Å². The molecule has 13 heavy (non-hydrogen) atoms. The monoisotopic (exact) mass is 185 g/mol. The first kappa shape index (κ1) is 11.0. The van der Waals surface area contributed by atoms with Gasteiger partial charge >= 0.3 is 0 Å². The van der Waals surface area contributed by atoms with Crippen LogP contribution in [0.1, 0.15) is 51.9 Å². The minimum absolute atomic E-state index is 0.407. The Morgan fingerprint density at radius 1 is 1.46 bits per heavy atom.